The molecule has 0 aliphatic carbocycles. The molecule has 290 valence electrons. The molecule has 0 saturated carbocycles. The van der Waals surface area contributed by atoms with Crippen LogP contribution < -0.4 is 0 Å². The van der Waals surface area contributed by atoms with Crippen LogP contribution in [-0.2, 0) is 12.4 Å². The molecule has 0 N–H and O–H groups in total. The van der Waals surface area contributed by atoms with Gasteiger partial charge in [-0.05, 0) is 65.2 Å². The monoisotopic (exact) mass is 798 g/mol. The maximum absolute atomic E-state index is 15.5. The number of halogens is 8. The first kappa shape index (κ1) is 37.4. The molecule has 0 unspecified atom stereocenters. The summed E-state index contributed by atoms with van der Waals surface area (Å²) in [5.74, 6) is -0.691. The zero-order valence-corrected chi connectivity index (χ0v) is 30.3. The molecule has 2 heterocycles. The van der Waals surface area contributed by atoms with Gasteiger partial charge in [0, 0.05) is 39.1 Å². The highest BCUT2D eigenvalue weighted by Crippen LogP contribution is 2.44. The maximum atomic E-state index is 15.5. The minimum absolute atomic E-state index is 0.00257. The van der Waals surface area contributed by atoms with Gasteiger partial charge in [0.2, 0.25) is 0 Å². The molecule has 0 bridgehead atoms. The third kappa shape index (κ3) is 6.96. The van der Waals surface area contributed by atoms with Crippen molar-refractivity contribution in [1.82, 2.24) is 19.5 Å². The molecule has 12 heteroatoms. The molecule has 4 nitrogen and oxygen atoms in total. The van der Waals surface area contributed by atoms with E-state index in [4.69, 9.17) is 15.0 Å². The molecule has 0 saturated heterocycles. The summed E-state index contributed by atoms with van der Waals surface area (Å²) in [5, 5.41) is 1.31. The Bertz CT molecular complexity index is 2990. The molecule has 0 spiro atoms. The molecular formula is C47H26F8N4. The Morgan fingerprint density at radius 2 is 0.966 bits per heavy atom. The Balaban J connectivity index is 1.36. The second kappa shape index (κ2) is 14.3. The van der Waals surface area contributed by atoms with Crippen LogP contribution in [-0.4, -0.2) is 19.5 Å². The molecule has 0 aliphatic rings. The van der Waals surface area contributed by atoms with Crippen LogP contribution in [0, 0.1) is 11.6 Å². The largest absolute Gasteiger partial charge is 0.417 e. The fourth-order valence-electron chi connectivity index (χ4n) is 7.33. The zero-order valence-electron chi connectivity index (χ0n) is 30.3. The van der Waals surface area contributed by atoms with Gasteiger partial charge in [0.05, 0.1) is 27.8 Å². The second-order valence-corrected chi connectivity index (χ2v) is 13.7. The summed E-state index contributed by atoms with van der Waals surface area (Å²) < 4.78 is 116. The Hall–Kier alpha value is -7.21. The molecule has 0 fully saturated rings. The lowest BCUT2D eigenvalue weighted by Crippen LogP contribution is -2.12. The molecule has 7 aromatic carbocycles. The van der Waals surface area contributed by atoms with Gasteiger partial charge in [-0.15, -0.1) is 0 Å². The van der Waals surface area contributed by atoms with Crippen LogP contribution in [0.2, 0.25) is 0 Å². The Labute approximate surface area is 330 Å². The quantitative estimate of drug-likeness (QED) is 0.157. The first-order chi connectivity index (χ1) is 28.3. The zero-order chi connectivity index (χ0) is 41.1. The average Bonchev–Trinajstić information content (AvgIpc) is 3.56. The molecule has 9 aromatic rings. The minimum Gasteiger partial charge on any atom is -0.308 e. The summed E-state index contributed by atoms with van der Waals surface area (Å²) in [4.78, 5) is 14.6. The number of fused-ring (bicyclic) bond motifs is 3. The van der Waals surface area contributed by atoms with Gasteiger partial charge in [-0.25, -0.2) is 23.7 Å². The highest BCUT2D eigenvalue weighted by molar-refractivity contribution is 6.11. The smallest absolute Gasteiger partial charge is 0.308 e. The first-order valence-corrected chi connectivity index (χ1v) is 18.1. The third-order valence-electron chi connectivity index (χ3n) is 10.1. The molecule has 2 aromatic heterocycles. The Kier molecular flexibility index (Phi) is 9.07. The van der Waals surface area contributed by atoms with E-state index in [0.29, 0.717) is 67.5 Å². The van der Waals surface area contributed by atoms with Gasteiger partial charge >= 0.3 is 12.4 Å². The topological polar surface area (TPSA) is 43.6 Å². The van der Waals surface area contributed by atoms with Crippen molar-refractivity contribution in [2.24, 2.45) is 0 Å². The Morgan fingerprint density at radius 3 is 1.61 bits per heavy atom. The molecule has 0 atom stereocenters. The summed E-state index contributed by atoms with van der Waals surface area (Å²) in [6.45, 7) is 0. The predicted molar refractivity (Wildman–Crippen MR) is 211 cm³/mol. The van der Waals surface area contributed by atoms with Crippen molar-refractivity contribution in [1.29, 1.82) is 0 Å². The number of aromatic nitrogens is 4. The van der Waals surface area contributed by atoms with E-state index in [9.17, 15) is 30.7 Å². The van der Waals surface area contributed by atoms with Gasteiger partial charge in [0.15, 0.2) is 17.5 Å². The van der Waals surface area contributed by atoms with Crippen molar-refractivity contribution in [3.8, 4) is 62.1 Å². The lowest BCUT2D eigenvalue weighted by atomic mass is 9.96. The third-order valence-corrected chi connectivity index (χ3v) is 10.1. The van der Waals surface area contributed by atoms with Crippen molar-refractivity contribution >= 4 is 21.8 Å². The SMILES string of the molecule is Fc1ccc(-c2ccc(-c3nc(-c4ccccc4)nc(-c4ccccc4)n3)c(-n3c4ccccc4c4ccc(-c5ccc(C(F)(F)F)cc5C(F)(F)F)cc43)c2)c(F)c1. The number of hydrogen-bond donors (Lipinski definition) is 0. The summed E-state index contributed by atoms with van der Waals surface area (Å²) in [7, 11) is 0. The standard InChI is InChI=1S/C47H26F8N4/c48-32-18-22-34(39(49)26-32)30-16-20-37(45-57-43(27-9-3-1-4-10-27)56-44(58-45)28-11-5-2-6-12-28)42(24-30)59-40-14-8-7-13-35(40)36-19-15-29(23-41(36)59)33-21-17-31(46(50,51)52)25-38(33)47(53,54)55/h1-26H. The van der Waals surface area contributed by atoms with Gasteiger partial charge in [-0.3, -0.25) is 0 Å². The highest BCUT2D eigenvalue weighted by Gasteiger charge is 2.38. The number of nitrogens with zero attached hydrogens (tertiary/aromatic N) is 4. The van der Waals surface area contributed by atoms with Crippen LogP contribution in [0.1, 0.15) is 11.1 Å². The number of rotatable bonds is 6. The number of alkyl halides is 6. The number of benzene rings is 7. The van der Waals surface area contributed by atoms with E-state index in [2.05, 4.69) is 0 Å². The number of hydrogen-bond acceptors (Lipinski definition) is 3. The molecular weight excluding hydrogens is 773 g/mol. The van der Waals surface area contributed by atoms with Crippen LogP contribution in [0.3, 0.4) is 0 Å². The molecule has 0 aliphatic heterocycles. The lowest BCUT2D eigenvalue weighted by molar-refractivity contribution is -0.142. The fourth-order valence-corrected chi connectivity index (χ4v) is 7.33. The second-order valence-electron chi connectivity index (χ2n) is 13.7. The van der Waals surface area contributed by atoms with Crippen molar-refractivity contribution in [3.05, 3.63) is 180 Å². The summed E-state index contributed by atoms with van der Waals surface area (Å²) in [6.07, 6.45) is -10.1. The molecule has 0 amide bonds. The first-order valence-electron chi connectivity index (χ1n) is 18.1. The van der Waals surface area contributed by atoms with Crippen LogP contribution in [0.25, 0.3) is 83.9 Å². The van der Waals surface area contributed by atoms with Crippen LogP contribution in [0.5, 0.6) is 0 Å². The summed E-state index contributed by atoms with van der Waals surface area (Å²) in [6, 6.07) is 40.0. The van der Waals surface area contributed by atoms with Gasteiger partial charge in [-0.2, -0.15) is 26.3 Å². The number of para-hydroxylation sites is 1. The minimum atomic E-state index is -5.12. The predicted octanol–water partition coefficient (Wildman–Crippen LogP) is 13.6. The summed E-state index contributed by atoms with van der Waals surface area (Å²) >= 11 is 0. The van der Waals surface area contributed by atoms with E-state index in [0.717, 1.165) is 18.2 Å². The summed E-state index contributed by atoms with van der Waals surface area (Å²) in [5.41, 5.74) is 0.252. The Morgan fingerprint density at radius 1 is 0.407 bits per heavy atom. The van der Waals surface area contributed by atoms with Crippen molar-refractivity contribution in [2.75, 3.05) is 0 Å². The van der Waals surface area contributed by atoms with E-state index >= 15 is 4.39 Å². The molecule has 0 radical (unpaired) electrons. The van der Waals surface area contributed by atoms with E-state index in [1.807, 2.05) is 66.7 Å². The fraction of sp³-hybridized carbons (Fsp3) is 0.0426. The normalized spacial score (nSPS) is 12.1. The lowest BCUT2D eigenvalue weighted by Gasteiger charge is -2.18. The van der Waals surface area contributed by atoms with E-state index in [1.54, 1.807) is 47.0 Å². The maximum Gasteiger partial charge on any atom is 0.417 e. The average molecular weight is 799 g/mol. The highest BCUT2D eigenvalue weighted by atomic mass is 19.4. The van der Waals surface area contributed by atoms with E-state index in [1.165, 1.54) is 18.2 Å². The van der Waals surface area contributed by atoms with Crippen LogP contribution in [0.4, 0.5) is 35.1 Å². The van der Waals surface area contributed by atoms with E-state index < -0.39 is 40.7 Å². The van der Waals surface area contributed by atoms with Crippen molar-refractivity contribution in [2.45, 2.75) is 12.4 Å². The molecule has 59 heavy (non-hydrogen) atoms. The van der Waals surface area contributed by atoms with Gasteiger partial charge in [0.25, 0.3) is 0 Å². The van der Waals surface area contributed by atoms with Crippen molar-refractivity contribution < 1.29 is 35.1 Å². The van der Waals surface area contributed by atoms with E-state index in [-0.39, 0.29) is 23.0 Å². The van der Waals surface area contributed by atoms with Crippen molar-refractivity contribution in [3.63, 3.8) is 0 Å². The van der Waals surface area contributed by atoms with Gasteiger partial charge in [0.1, 0.15) is 11.6 Å². The molecule has 9 rings (SSSR count). The van der Waals surface area contributed by atoms with Gasteiger partial charge < -0.3 is 4.57 Å². The van der Waals surface area contributed by atoms with Crippen LogP contribution >= 0.6 is 0 Å². The van der Waals surface area contributed by atoms with Gasteiger partial charge in [-0.1, -0.05) is 103 Å². The van der Waals surface area contributed by atoms with Crippen LogP contribution in [0.15, 0.2) is 158 Å².